The van der Waals surface area contributed by atoms with Gasteiger partial charge in [0.15, 0.2) is 0 Å². The van der Waals surface area contributed by atoms with E-state index in [4.69, 9.17) is 9.52 Å². The summed E-state index contributed by atoms with van der Waals surface area (Å²) in [7, 11) is 0. The van der Waals surface area contributed by atoms with Crippen LogP contribution in [0.15, 0.2) is 49.5 Å². The average Bonchev–Trinajstić information content (AvgIpc) is 3.21. The number of rotatable bonds is 4. The molecule has 22 heavy (non-hydrogen) atoms. The van der Waals surface area contributed by atoms with Crippen LogP contribution in [0, 0.1) is 6.92 Å². The molecular weight excluding hydrogens is 314 g/mol. The van der Waals surface area contributed by atoms with Crippen LogP contribution in [0.1, 0.15) is 25.4 Å². The maximum absolute atomic E-state index is 5.66. The van der Waals surface area contributed by atoms with Gasteiger partial charge >= 0.3 is 0 Å². The molecule has 0 aliphatic carbocycles. The minimum Gasteiger partial charge on any atom is -0.460 e. The van der Waals surface area contributed by atoms with Gasteiger partial charge in [-0.1, -0.05) is 6.07 Å². The fraction of sp³-hybridized carbons (Fsp3) is 0.250. The normalized spacial score (nSPS) is 13.0. The molecule has 0 aliphatic rings. The number of furan rings is 1. The zero-order valence-electron chi connectivity index (χ0n) is 12.7. The molecule has 6 heteroatoms. The lowest BCUT2D eigenvalue weighted by atomic mass is 10.3. The number of hydrogen-bond acceptors (Lipinski definition) is 5. The van der Waals surface area contributed by atoms with E-state index in [9.17, 15) is 0 Å². The highest BCUT2D eigenvalue weighted by Gasteiger charge is 2.10. The van der Waals surface area contributed by atoms with E-state index in [0.29, 0.717) is 0 Å². The lowest BCUT2D eigenvalue weighted by Gasteiger charge is -2.03. The summed E-state index contributed by atoms with van der Waals surface area (Å²) in [5.41, 5.74) is 1.90. The van der Waals surface area contributed by atoms with Crippen LogP contribution in [-0.4, -0.2) is 16.9 Å². The summed E-state index contributed by atoms with van der Waals surface area (Å²) in [6.07, 6.45) is 0. The molecule has 0 saturated carbocycles. The van der Waals surface area contributed by atoms with Gasteiger partial charge in [0.1, 0.15) is 17.2 Å². The highest BCUT2D eigenvalue weighted by molar-refractivity contribution is 7.14. The molecule has 3 rings (SSSR count). The van der Waals surface area contributed by atoms with Crippen LogP contribution in [0.4, 0.5) is 0 Å². The van der Waals surface area contributed by atoms with Crippen LogP contribution in [0.3, 0.4) is 0 Å². The minimum atomic E-state index is 0.735. The van der Waals surface area contributed by atoms with Crippen molar-refractivity contribution in [2.24, 2.45) is 10.1 Å². The van der Waals surface area contributed by atoms with Crippen molar-refractivity contribution >= 4 is 28.4 Å². The third-order valence-electron chi connectivity index (χ3n) is 3.10. The summed E-state index contributed by atoms with van der Waals surface area (Å²) in [4.78, 5) is 6.62. The standard InChI is InChI=1S/C16H17N3OS2/c1-4-17-16-19(13(10-22-16)15-6-5-9-21-15)18-12(3)14-8-7-11(2)20-14/h5-10H,4H2,1-3H3. The summed E-state index contributed by atoms with van der Waals surface area (Å²) in [6.45, 7) is 6.65. The van der Waals surface area contributed by atoms with Gasteiger partial charge in [-0.15, -0.1) is 22.7 Å². The number of nitrogens with zero attached hydrogens (tertiary/aromatic N) is 3. The second-order valence-corrected chi connectivity index (χ2v) is 6.55. The number of thiazole rings is 1. The molecule has 0 bridgehead atoms. The fourth-order valence-corrected chi connectivity index (χ4v) is 3.75. The summed E-state index contributed by atoms with van der Waals surface area (Å²) in [5.74, 6) is 1.67. The first-order valence-corrected chi connectivity index (χ1v) is 8.82. The Hall–Kier alpha value is -1.92. The molecule has 3 aromatic rings. The average molecular weight is 331 g/mol. The second kappa shape index (κ2) is 6.46. The number of thiophene rings is 1. The number of hydrogen-bond donors (Lipinski definition) is 0. The Kier molecular flexibility index (Phi) is 4.40. The maximum Gasteiger partial charge on any atom is 0.206 e. The highest BCUT2D eigenvalue weighted by atomic mass is 32.1. The molecule has 0 fully saturated rings. The number of aromatic nitrogens is 1. The smallest absolute Gasteiger partial charge is 0.206 e. The molecule has 0 atom stereocenters. The molecule has 0 aromatic carbocycles. The largest absolute Gasteiger partial charge is 0.460 e. The van der Waals surface area contributed by atoms with E-state index in [1.807, 2.05) is 43.6 Å². The Labute approximate surface area is 137 Å². The summed E-state index contributed by atoms with van der Waals surface area (Å²) >= 11 is 3.31. The van der Waals surface area contributed by atoms with E-state index in [-0.39, 0.29) is 0 Å². The summed E-state index contributed by atoms with van der Waals surface area (Å²) in [5, 5.41) is 8.91. The van der Waals surface area contributed by atoms with Crippen molar-refractivity contribution in [1.82, 2.24) is 4.68 Å². The molecule has 4 nitrogen and oxygen atoms in total. The predicted octanol–water partition coefficient (Wildman–Crippen LogP) is 4.37. The lowest BCUT2D eigenvalue weighted by molar-refractivity contribution is 0.524. The Morgan fingerprint density at radius 3 is 2.77 bits per heavy atom. The van der Waals surface area contributed by atoms with E-state index in [1.165, 1.54) is 4.88 Å². The second-order valence-electron chi connectivity index (χ2n) is 4.76. The summed E-state index contributed by atoms with van der Waals surface area (Å²) in [6, 6.07) is 8.04. The first-order chi connectivity index (χ1) is 10.7. The Morgan fingerprint density at radius 2 is 2.14 bits per heavy atom. The van der Waals surface area contributed by atoms with E-state index in [0.717, 1.165) is 34.3 Å². The molecule has 0 N–H and O–H groups in total. The van der Waals surface area contributed by atoms with Gasteiger partial charge < -0.3 is 4.42 Å². The molecule has 0 spiro atoms. The van der Waals surface area contributed by atoms with Crippen LogP contribution in [0.25, 0.3) is 10.6 Å². The Bertz CT molecular complexity index is 850. The van der Waals surface area contributed by atoms with Crippen LogP contribution in [0.5, 0.6) is 0 Å². The Morgan fingerprint density at radius 1 is 1.27 bits per heavy atom. The van der Waals surface area contributed by atoms with Gasteiger partial charge in [0.2, 0.25) is 4.80 Å². The van der Waals surface area contributed by atoms with Crippen molar-refractivity contribution in [1.29, 1.82) is 0 Å². The molecule has 3 aromatic heterocycles. The first kappa shape index (κ1) is 15.0. The number of aryl methyl sites for hydroxylation is 1. The topological polar surface area (TPSA) is 42.8 Å². The quantitative estimate of drug-likeness (QED) is 0.655. The molecular formula is C16H17N3OS2. The van der Waals surface area contributed by atoms with Crippen molar-refractivity contribution in [2.75, 3.05) is 6.54 Å². The molecule has 0 aliphatic heterocycles. The van der Waals surface area contributed by atoms with Crippen molar-refractivity contribution in [2.45, 2.75) is 20.8 Å². The molecule has 114 valence electrons. The fourth-order valence-electron chi connectivity index (χ4n) is 2.06. The van der Waals surface area contributed by atoms with Gasteiger partial charge in [0.05, 0.1) is 10.6 Å². The van der Waals surface area contributed by atoms with Gasteiger partial charge in [0.25, 0.3) is 0 Å². The minimum absolute atomic E-state index is 0.735. The van der Waals surface area contributed by atoms with Crippen LogP contribution >= 0.6 is 22.7 Å². The van der Waals surface area contributed by atoms with E-state index in [2.05, 4.69) is 21.8 Å². The zero-order chi connectivity index (χ0) is 15.5. The van der Waals surface area contributed by atoms with Crippen LogP contribution < -0.4 is 4.80 Å². The first-order valence-electron chi connectivity index (χ1n) is 7.06. The maximum atomic E-state index is 5.66. The van der Waals surface area contributed by atoms with Crippen molar-refractivity contribution in [3.63, 3.8) is 0 Å². The van der Waals surface area contributed by atoms with Gasteiger partial charge in [-0.05, 0) is 44.4 Å². The molecule has 3 heterocycles. The van der Waals surface area contributed by atoms with Crippen LogP contribution in [0.2, 0.25) is 0 Å². The van der Waals surface area contributed by atoms with E-state index < -0.39 is 0 Å². The van der Waals surface area contributed by atoms with Crippen molar-refractivity contribution < 1.29 is 4.42 Å². The van der Waals surface area contributed by atoms with Crippen molar-refractivity contribution in [3.8, 4) is 10.6 Å². The van der Waals surface area contributed by atoms with Crippen LogP contribution in [-0.2, 0) is 0 Å². The molecule has 0 unspecified atom stereocenters. The van der Waals surface area contributed by atoms with Gasteiger partial charge in [-0.25, -0.2) is 4.68 Å². The molecule has 0 amide bonds. The lowest BCUT2D eigenvalue weighted by Crippen LogP contribution is -2.14. The van der Waals surface area contributed by atoms with Gasteiger partial charge in [-0.2, -0.15) is 5.10 Å². The van der Waals surface area contributed by atoms with Gasteiger partial charge in [0, 0.05) is 11.9 Å². The van der Waals surface area contributed by atoms with Crippen molar-refractivity contribution in [3.05, 3.63) is 51.3 Å². The van der Waals surface area contributed by atoms with E-state index in [1.54, 1.807) is 22.7 Å². The SMILES string of the molecule is CCN=c1scc(-c2cccs2)n1N=C(C)c1ccc(C)o1. The molecule has 0 saturated heterocycles. The Balaban J connectivity index is 2.12. The zero-order valence-corrected chi connectivity index (χ0v) is 14.4. The monoisotopic (exact) mass is 331 g/mol. The highest BCUT2D eigenvalue weighted by Crippen LogP contribution is 2.25. The third-order valence-corrected chi connectivity index (χ3v) is 4.85. The van der Waals surface area contributed by atoms with E-state index >= 15 is 0 Å². The summed E-state index contributed by atoms with van der Waals surface area (Å²) < 4.78 is 7.57. The molecule has 0 radical (unpaired) electrons. The predicted molar refractivity (Wildman–Crippen MR) is 92.8 cm³/mol. The third kappa shape index (κ3) is 2.98. The van der Waals surface area contributed by atoms with Gasteiger partial charge in [-0.3, -0.25) is 4.99 Å².